The zero-order valence-electron chi connectivity index (χ0n) is 52.7. The lowest BCUT2D eigenvalue weighted by Crippen LogP contribution is -2.41. The van der Waals surface area contributed by atoms with E-state index in [-0.39, 0.29) is 76.2 Å². The van der Waals surface area contributed by atoms with E-state index in [4.69, 9.17) is 40.9 Å². The highest BCUT2D eigenvalue weighted by Crippen LogP contribution is 2.41. The van der Waals surface area contributed by atoms with Gasteiger partial charge in [0, 0.05) is 47.0 Å². The van der Waals surface area contributed by atoms with Crippen LogP contribution in [0.1, 0.15) is 70.6 Å². The fraction of sp³-hybridized carbons (Fsp3) is 0.155. The first-order chi connectivity index (χ1) is 46.9. The van der Waals surface area contributed by atoms with Crippen LogP contribution >= 0.6 is 0 Å². The molecule has 10 aromatic rings. The number of nitrogens with one attached hydrogen (secondary N) is 2. The van der Waals surface area contributed by atoms with Gasteiger partial charge in [-0.25, -0.2) is 57.5 Å². The molecule has 12 rings (SSSR count). The Labute approximate surface area is 557 Å². The van der Waals surface area contributed by atoms with Gasteiger partial charge in [0.05, 0.1) is 13.7 Å². The minimum absolute atomic E-state index is 0.0141. The highest BCUT2D eigenvalue weighted by molar-refractivity contribution is 5.95. The van der Waals surface area contributed by atoms with Gasteiger partial charge in [0.2, 0.25) is 0 Å². The van der Waals surface area contributed by atoms with Gasteiger partial charge in [-0.15, -0.1) is 0 Å². The number of carbonyl (C=O) groups excluding carboxylic acids is 5. The first kappa shape index (κ1) is 68.1. The lowest BCUT2D eigenvalue weighted by molar-refractivity contribution is -0.145. The van der Waals surface area contributed by atoms with Gasteiger partial charge in [0.15, 0.2) is 17.5 Å². The van der Waals surface area contributed by atoms with Crippen LogP contribution in [-0.4, -0.2) is 101 Å². The number of aromatic nitrogens is 6. The lowest BCUT2D eigenvalue weighted by atomic mass is 10.1. The summed E-state index contributed by atoms with van der Waals surface area (Å²) in [5.74, 6) is -0.640. The van der Waals surface area contributed by atoms with Crippen LogP contribution in [0.5, 0.6) is 34.5 Å². The Bertz CT molecular complexity index is 4590. The second-order valence-corrected chi connectivity index (χ2v) is 22.4. The molecule has 1 aliphatic heterocycles. The molecule has 0 saturated heterocycles. The molecule has 1 saturated carbocycles. The first-order valence-electron chi connectivity index (χ1n) is 30.1. The van der Waals surface area contributed by atoms with E-state index in [2.05, 4.69) is 40.5 Å². The maximum absolute atomic E-state index is 13.1. The Morgan fingerprint density at radius 2 is 0.918 bits per heavy atom. The normalized spacial score (nSPS) is 13.1. The van der Waals surface area contributed by atoms with Gasteiger partial charge in [0.25, 0.3) is 17.7 Å². The average Bonchev–Trinajstić information content (AvgIpc) is 1.58. The molecule has 1 fully saturated rings. The van der Waals surface area contributed by atoms with Crippen molar-refractivity contribution in [3.05, 3.63) is 228 Å². The highest BCUT2D eigenvalue weighted by atomic mass is 19.1. The van der Waals surface area contributed by atoms with Crippen LogP contribution in [-0.2, 0) is 30.3 Å². The van der Waals surface area contributed by atoms with Crippen LogP contribution in [0.15, 0.2) is 188 Å². The van der Waals surface area contributed by atoms with Gasteiger partial charge in [-0.3, -0.25) is 14.4 Å². The maximum Gasteiger partial charge on any atom is 0.331 e. The molecule has 1 unspecified atom stereocenters. The number of aliphatic carboxylic acids is 1. The van der Waals surface area contributed by atoms with E-state index >= 15 is 0 Å². The van der Waals surface area contributed by atoms with E-state index in [0.29, 0.717) is 82.0 Å². The van der Waals surface area contributed by atoms with Crippen molar-refractivity contribution in [2.45, 2.75) is 57.2 Å². The Morgan fingerprint density at radius 1 is 0.541 bits per heavy atom. The number of carbonyl (C=O) groups is 6. The summed E-state index contributed by atoms with van der Waals surface area (Å²) in [7, 11) is 1.28. The molecule has 27 heteroatoms. The molecule has 98 heavy (non-hydrogen) atoms. The minimum Gasteiger partial charge on any atom is -0.480 e. The highest BCUT2D eigenvalue weighted by Gasteiger charge is 2.52. The summed E-state index contributed by atoms with van der Waals surface area (Å²) in [6, 6.07) is 48.0. The molecule has 24 nitrogen and oxygen atoms in total. The fourth-order valence-corrected chi connectivity index (χ4v) is 9.79. The number of carboxylic acids is 1. The predicted octanol–water partition coefficient (Wildman–Crippen LogP) is 11.5. The Kier molecular flexibility index (Phi) is 20.6. The number of anilines is 4. The number of rotatable bonds is 21. The van der Waals surface area contributed by atoms with E-state index < -0.39 is 46.8 Å². The molecular formula is C71H61F3N12O12. The molecule has 1 aliphatic carbocycles. The quantitative estimate of drug-likeness (QED) is 0.0364. The van der Waals surface area contributed by atoms with E-state index in [1.54, 1.807) is 98.5 Å². The van der Waals surface area contributed by atoms with Gasteiger partial charge in [0.1, 0.15) is 104 Å². The van der Waals surface area contributed by atoms with Crippen LogP contribution in [0, 0.1) is 17.5 Å². The molecule has 9 N–H and O–H groups in total. The largest absolute Gasteiger partial charge is 0.480 e. The summed E-state index contributed by atoms with van der Waals surface area (Å²) in [4.78, 5) is 99.6. The molecule has 0 radical (unpaired) electrons. The van der Waals surface area contributed by atoms with E-state index in [1.807, 2.05) is 24.3 Å². The van der Waals surface area contributed by atoms with Crippen LogP contribution < -0.4 is 46.9 Å². The smallest absolute Gasteiger partial charge is 0.331 e. The number of carboxylic acid groups (broad SMARTS) is 1. The van der Waals surface area contributed by atoms with Crippen molar-refractivity contribution in [3.8, 4) is 68.7 Å². The molecule has 498 valence electrons. The van der Waals surface area contributed by atoms with Crippen LogP contribution in [0.3, 0.4) is 0 Å². The van der Waals surface area contributed by atoms with Crippen LogP contribution in [0.25, 0.3) is 34.2 Å². The number of nitrogens with two attached hydrogens (primary N) is 3. The number of ether oxygens (including phenoxy) is 5. The molecule has 3 amide bonds. The number of primary amides is 3. The van der Waals surface area contributed by atoms with Gasteiger partial charge in [-0.05, 0) is 191 Å². The third-order valence-electron chi connectivity index (χ3n) is 14.8. The molecular weight excluding hydrogens is 1270 g/mol. The van der Waals surface area contributed by atoms with Crippen molar-refractivity contribution in [1.29, 1.82) is 0 Å². The molecule has 2 aliphatic rings. The lowest BCUT2D eigenvalue weighted by Gasteiger charge is -2.24. The molecule has 3 aromatic heterocycles. The molecule has 0 bridgehead atoms. The molecule has 1 atom stereocenters. The zero-order valence-corrected chi connectivity index (χ0v) is 52.7. The molecule has 7 aromatic carbocycles. The summed E-state index contributed by atoms with van der Waals surface area (Å²) in [5.41, 5.74) is 17.7. The van der Waals surface area contributed by atoms with E-state index in [0.717, 1.165) is 5.56 Å². The number of benzene rings is 7. The number of halogens is 3. The number of fused-ring (bicyclic) bond motifs is 1. The third-order valence-corrected chi connectivity index (χ3v) is 14.8. The second-order valence-electron chi connectivity index (χ2n) is 22.4. The van der Waals surface area contributed by atoms with Crippen molar-refractivity contribution in [1.82, 2.24) is 29.9 Å². The number of para-hydroxylation sites is 1. The number of hydrogen-bond acceptors (Lipinski definition) is 20. The summed E-state index contributed by atoms with van der Waals surface area (Å²) >= 11 is 0. The number of amides is 3. The number of nitrogens with zero attached hydrogens (tertiary/aromatic N) is 7. The summed E-state index contributed by atoms with van der Waals surface area (Å²) in [6.07, 6.45) is 1.51. The SMILES string of the molecule is CCOC(=O)C1(Nc2cc(C(N)=O)nc(-c3ccc(Oc4ccc(F)cc4)cc3)n2)CC1.COC(=O)C(C)(C)Nc1cc(C(N)=O)nc(-c2ccc(Oc3ccc(F)cc3)cc2)n1.NC(=O)c1cc(N2c3ccccc3CC2C(=O)O)nc(-c2ccc(Oc3ccc(F)cc3)cc2)n1. The summed E-state index contributed by atoms with van der Waals surface area (Å²) in [6.45, 7) is 5.25. The van der Waals surface area contributed by atoms with Crippen LogP contribution in [0.2, 0.25) is 0 Å². The van der Waals surface area contributed by atoms with Gasteiger partial charge >= 0.3 is 17.9 Å². The maximum atomic E-state index is 13.1. The summed E-state index contributed by atoms with van der Waals surface area (Å²) < 4.78 is 66.2. The number of methoxy groups -OCH3 is 1. The van der Waals surface area contributed by atoms with E-state index in [9.17, 15) is 47.0 Å². The predicted molar refractivity (Wildman–Crippen MR) is 353 cm³/mol. The zero-order chi connectivity index (χ0) is 69.8. The van der Waals surface area contributed by atoms with E-state index in [1.165, 1.54) is 98.1 Å². The topological polar surface area (TPSA) is 352 Å². The van der Waals surface area contributed by atoms with Crippen LogP contribution in [0.4, 0.5) is 36.3 Å². The monoisotopic (exact) mass is 1330 g/mol. The van der Waals surface area contributed by atoms with Crippen molar-refractivity contribution >= 4 is 58.8 Å². The molecule has 4 heterocycles. The Hall–Kier alpha value is -12.8. The number of hydrogen-bond donors (Lipinski definition) is 6. The van der Waals surface area contributed by atoms with Crippen molar-refractivity contribution in [2.75, 3.05) is 29.3 Å². The van der Waals surface area contributed by atoms with Crippen molar-refractivity contribution < 1.29 is 70.7 Å². The third kappa shape index (κ3) is 16.9. The standard InChI is InChI=1S/C26H19FN4O4.C23H21FN4O4.C22H21FN4O4/c27-17-7-11-19(12-8-17)35-18-9-5-15(6-10-18)25-29-20(24(28)32)14-23(30-25)31-21-4-2-1-3-16(21)13-22(31)26(33)34;1-2-31-22(30)23(11-12-23)28-19-13-18(20(25)29)26-21(27-19)14-3-7-16(8-4-14)32-17-9-5-15(24)6-10-17;1-22(2,21(29)30-3)27-18-12-17(19(24)28)25-20(26-18)13-4-8-15(9-5-13)31-16-10-6-14(23)7-11-16/h1-12,14,22H,13H2,(H2,28,32)(H,33,34);3-10,13H,2,11-12H2,1H3,(H2,25,29)(H,26,27,28);4-12H,1-3H3,(H2,24,28)(H,25,26,27). The summed E-state index contributed by atoms with van der Waals surface area (Å²) in [5, 5.41) is 15.9. The molecule has 0 spiro atoms. The fourth-order valence-electron chi connectivity index (χ4n) is 9.79. The minimum atomic E-state index is -1.10. The van der Waals surface area contributed by atoms with Gasteiger partial charge in [-0.2, -0.15) is 0 Å². The average molecular weight is 1330 g/mol. The van der Waals surface area contributed by atoms with Crippen molar-refractivity contribution in [2.24, 2.45) is 17.2 Å². The number of esters is 2. The first-order valence-corrected chi connectivity index (χ1v) is 30.1. The van der Waals surface area contributed by atoms with Gasteiger partial charge in [-0.1, -0.05) is 18.2 Å². The second kappa shape index (κ2) is 29.6. The van der Waals surface area contributed by atoms with Crippen molar-refractivity contribution in [3.63, 3.8) is 0 Å². The van der Waals surface area contributed by atoms with Gasteiger partial charge < -0.3 is 61.5 Å². The Balaban J connectivity index is 0.000000160. The Morgan fingerprint density at radius 3 is 1.31 bits per heavy atom.